The molecule has 1 aromatic rings. The predicted octanol–water partition coefficient (Wildman–Crippen LogP) is 2.55. The highest BCUT2D eigenvalue weighted by Crippen LogP contribution is 2.45. The minimum atomic E-state index is -0.399. The van der Waals surface area contributed by atoms with Gasteiger partial charge < -0.3 is 4.74 Å². The summed E-state index contributed by atoms with van der Waals surface area (Å²) >= 11 is 5.74. The lowest BCUT2D eigenvalue weighted by Crippen LogP contribution is -2.52. The van der Waals surface area contributed by atoms with Crippen molar-refractivity contribution in [2.24, 2.45) is 5.84 Å². The molecule has 17 heavy (non-hydrogen) atoms. The Hall–Kier alpha value is -0.680. The Bertz CT molecular complexity index is 404. The molecule has 1 aromatic carbocycles. The first kappa shape index (κ1) is 12.8. The second-order valence-electron chi connectivity index (χ2n) is 4.39. The van der Waals surface area contributed by atoms with E-state index < -0.39 is 5.60 Å². The van der Waals surface area contributed by atoms with Gasteiger partial charge in [0.25, 0.3) is 0 Å². The van der Waals surface area contributed by atoms with Crippen LogP contribution >= 0.6 is 11.6 Å². The van der Waals surface area contributed by atoms with Crippen LogP contribution in [0.1, 0.15) is 30.9 Å². The molecule has 94 valence electrons. The molecule has 0 saturated heterocycles. The minimum absolute atomic E-state index is 0.349. The van der Waals surface area contributed by atoms with Crippen LogP contribution in [0, 0.1) is 5.82 Å². The smallest absolute Gasteiger partial charge is 0.129 e. The zero-order valence-corrected chi connectivity index (χ0v) is 10.4. The molecule has 1 saturated carbocycles. The van der Waals surface area contributed by atoms with E-state index in [-0.39, 0.29) is 11.9 Å². The van der Waals surface area contributed by atoms with Gasteiger partial charge in [-0.15, -0.1) is 0 Å². The van der Waals surface area contributed by atoms with Gasteiger partial charge in [0.15, 0.2) is 0 Å². The molecule has 0 spiro atoms. The molecule has 5 heteroatoms. The highest BCUT2D eigenvalue weighted by Gasteiger charge is 2.45. The minimum Gasteiger partial charge on any atom is -0.376 e. The molecule has 0 radical (unpaired) electrons. The van der Waals surface area contributed by atoms with Crippen LogP contribution in [-0.2, 0) is 4.74 Å². The molecule has 0 aromatic heterocycles. The van der Waals surface area contributed by atoms with E-state index in [0.717, 1.165) is 19.3 Å². The van der Waals surface area contributed by atoms with Crippen molar-refractivity contribution in [1.29, 1.82) is 0 Å². The van der Waals surface area contributed by atoms with Gasteiger partial charge in [0, 0.05) is 17.7 Å². The van der Waals surface area contributed by atoms with E-state index in [1.54, 1.807) is 19.2 Å². The van der Waals surface area contributed by atoms with Crippen LogP contribution in [0.3, 0.4) is 0 Å². The highest BCUT2D eigenvalue weighted by molar-refractivity contribution is 6.30. The molecule has 0 bridgehead atoms. The number of ether oxygens (including phenoxy) is 1. The number of halogens is 2. The highest BCUT2D eigenvalue weighted by atomic mass is 35.5. The van der Waals surface area contributed by atoms with Crippen molar-refractivity contribution in [2.45, 2.75) is 30.9 Å². The average molecular weight is 259 g/mol. The molecule has 3 nitrogen and oxygen atoms in total. The molecule has 1 aliphatic rings. The third-order valence-corrected chi connectivity index (χ3v) is 3.81. The summed E-state index contributed by atoms with van der Waals surface area (Å²) in [5, 5.41) is 0.377. The molecule has 0 heterocycles. The first-order chi connectivity index (χ1) is 8.13. The second kappa shape index (κ2) is 4.90. The van der Waals surface area contributed by atoms with Gasteiger partial charge in [0.05, 0.1) is 11.6 Å². The quantitative estimate of drug-likeness (QED) is 0.645. The number of hydrogen-bond acceptors (Lipinski definition) is 3. The van der Waals surface area contributed by atoms with Gasteiger partial charge in [-0.05, 0) is 31.4 Å². The van der Waals surface area contributed by atoms with Crippen LogP contribution in [0.25, 0.3) is 0 Å². The predicted molar refractivity (Wildman–Crippen MR) is 65.1 cm³/mol. The number of methoxy groups -OCH3 is 1. The van der Waals surface area contributed by atoms with Gasteiger partial charge >= 0.3 is 0 Å². The van der Waals surface area contributed by atoms with E-state index in [9.17, 15) is 4.39 Å². The van der Waals surface area contributed by atoms with Crippen molar-refractivity contribution in [1.82, 2.24) is 5.43 Å². The number of hydrogen-bond donors (Lipinski definition) is 2. The fourth-order valence-corrected chi connectivity index (χ4v) is 2.56. The Balaban J connectivity index is 2.35. The zero-order chi connectivity index (χ0) is 12.5. The zero-order valence-electron chi connectivity index (χ0n) is 9.67. The summed E-state index contributed by atoms with van der Waals surface area (Å²) in [4.78, 5) is 0. The van der Waals surface area contributed by atoms with Gasteiger partial charge in [-0.1, -0.05) is 17.7 Å². The van der Waals surface area contributed by atoms with Crippen molar-refractivity contribution < 1.29 is 9.13 Å². The molecule has 3 N–H and O–H groups in total. The maximum atomic E-state index is 13.9. The van der Waals surface area contributed by atoms with Crippen molar-refractivity contribution in [3.05, 3.63) is 34.6 Å². The Kier molecular flexibility index (Phi) is 3.68. The summed E-state index contributed by atoms with van der Waals surface area (Å²) in [7, 11) is 1.64. The van der Waals surface area contributed by atoms with Gasteiger partial charge in [0.1, 0.15) is 5.82 Å². The number of hydrazine groups is 1. The Morgan fingerprint density at radius 2 is 2.24 bits per heavy atom. The largest absolute Gasteiger partial charge is 0.376 e. The van der Waals surface area contributed by atoms with Crippen molar-refractivity contribution in [3.63, 3.8) is 0 Å². The van der Waals surface area contributed by atoms with Gasteiger partial charge in [0.2, 0.25) is 0 Å². The van der Waals surface area contributed by atoms with E-state index in [1.807, 2.05) is 0 Å². The Morgan fingerprint density at radius 3 is 2.65 bits per heavy atom. The maximum absolute atomic E-state index is 13.9. The first-order valence-corrected chi connectivity index (χ1v) is 5.97. The van der Waals surface area contributed by atoms with Crippen molar-refractivity contribution in [3.8, 4) is 0 Å². The Labute approximate surface area is 105 Å². The second-order valence-corrected chi connectivity index (χ2v) is 4.82. The third-order valence-electron chi connectivity index (χ3n) is 3.57. The topological polar surface area (TPSA) is 47.3 Å². The van der Waals surface area contributed by atoms with Gasteiger partial charge in [-0.25, -0.2) is 9.82 Å². The lowest BCUT2D eigenvalue weighted by molar-refractivity contribution is -0.101. The normalized spacial score (nSPS) is 19.8. The lowest BCUT2D eigenvalue weighted by Gasteiger charge is -2.46. The number of nitrogens with two attached hydrogens (primary N) is 1. The van der Waals surface area contributed by atoms with Gasteiger partial charge in [-0.2, -0.15) is 0 Å². The molecular formula is C12H16ClFN2O. The molecule has 1 unspecified atom stereocenters. The molecule has 1 fully saturated rings. The molecule has 2 rings (SSSR count). The van der Waals surface area contributed by atoms with E-state index >= 15 is 0 Å². The summed E-state index contributed by atoms with van der Waals surface area (Å²) in [6.45, 7) is 0. The van der Waals surface area contributed by atoms with Crippen LogP contribution in [0.4, 0.5) is 4.39 Å². The van der Waals surface area contributed by atoms with E-state index in [1.165, 1.54) is 6.07 Å². The summed E-state index contributed by atoms with van der Waals surface area (Å²) < 4.78 is 19.4. The maximum Gasteiger partial charge on any atom is 0.129 e. The molecular weight excluding hydrogens is 243 g/mol. The van der Waals surface area contributed by atoms with Crippen molar-refractivity contribution >= 4 is 11.6 Å². The van der Waals surface area contributed by atoms with Crippen LogP contribution in [0.15, 0.2) is 18.2 Å². The van der Waals surface area contributed by atoms with Crippen LogP contribution in [0.2, 0.25) is 5.02 Å². The first-order valence-electron chi connectivity index (χ1n) is 5.59. The molecule has 0 amide bonds. The van der Waals surface area contributed by atoms with E-state index in [2.05, 4.69) is 5.43 Å². The SMILES string of the molecule is COC1(C(NN)c2ccc(Cl)cc2F)CCC1. The third kappa shape index (κ3) is 2.18. The van der Waals surface area contributed by atoms with Crippen LogP contribution in [-0.4, -0.2) is 12.7 Å². The fraction of sp³-hybridized carbons (Fsp3) is 0.500. The van der Waals surface area contributed by atoms with E-state index in [4.69, 9.17) is 22.2 Å². The monoisotopic (exact) mass is 258 g/mol. The number of benzene rings is 1. The summed E-state index contributed by atoms with van der Waals surface area (Å²) in [5.74, 6) is 5.20. The molecule has 1 atom stereocenters. The summed E-state index contributed by atoms with van der Waals surface area (Å²) in [6, 6.07) is 4.26. The van der Waals surface area contributed by atoms with Crippen LogP contribution < -0.4 is 11.3 Å². The summed E-state index contributed by atoms with van der Waals surface area (Å²) in [6.07, 6.45) is 2.82. The molecule has 1 aliphatic carbocycles. The lowest BCUT2D eigenvalue weighted by atomic mass is 9.72. The Morgan fingerprint density at radius 1 is 1.53 bits per heavy atom. The van der Waals surface area contributed by atoms with E-state index in [0.29, 0.717) is 10.6 Å². The van der Waals surface area contributed by atoms with Crippen LogP contribution in [0.5, 0.6) is 0 Å². The fourth-order valence-electron chi connectivity index (χ4n) is 2.40. The average Bonchev–Trinajstić information content (AvgIpc) is 2.24. The standard InChI is InChI=1S/C12H16ClFN2O/c1-17-12(5-2-6-12)11(16-15)9-4-3-8(13)7-10(9)14/h3-4,7,11,16H,2,5-6,15H2,1H3. The van der Waals surface area contributed by atoms with Crippen molar-refractivity contribution in [2.75, 3.05) is 7.11 Å². The number of nitrogens with one attached hydrogen (secondary N) is 1. The molecule has 0 aliphatic heterocycles. The van der Waals surface area contributed by atoms with Gasteiger partial charge in [-0.3, -0.25) is 5.84 Å². The summed E-state index contributed by atoms with van der Waals surface area (Å²) in [5.41, 5.74) is 2.76. The number of rotatable bonds is 4.